The van der Waals surface area contributed by atoms with Crippen molar-refractivity contribution in [3.8, 4) is 5.75 Å². The maximum absolute atomic E-state index is 12.9. The van der Waals surface area contributed by atoms with Gasteiger partial charge in [0.2, 0.25) is 5.91 Å². The van der Waals surface area contributed by atoms with Crippen LogP contribution < -0.4 is 9.64 Å². The van der Waals surface area contributed by atoms with Crippen LogP contribution in [0.2, 0.25) is 0 Å². The van der Waals surface area contributed by atoms with Crippen LogP contribution in [0.25, 0.3) is 5.52 Å². The Kier molecular flexibility index (Phi) is 13.7. The van der Waals surface area contributed by atoms with Gasteiger partial charge in [-0.25, -0.2) is 4.98 Å². The molecule has 0 saturated heterocycles. The largest absolute Gasteiger partial charge is 0.493 e. The van der Waals surface area contributed by atoms with Gasteiger partial charge >= 0.3 is 0 Å². The number of unbranched alkanes of at least 4 members (excludes halogenated alkanes) is 11. The van der Waals surface area contributed by atoms with Crippen molar-refractivity contribution in [1.29, 1.82) is 0 Å². The summed E-state index contributed by atoms with van der Waals surface area (Å²) >= 11 is 0. The lowest BCUT2D eigenvalue weighted by Gasteiger charge is -2.26. The number of hydrogen-bond donors (Lipinski definition) is 0. The van der Waals surface area contributed by atoms with Gasteiger partial charge in [0.15, 0.2) is 0 Å². The van der Waals surface area contributed by atoms with Gasteiger partial charge in [-0.2, -0.15) is 0 Å². The van der Waals surface area contributed by atoms with Gasteiger partial charge in [0.05, 0.1) is 24.9 Å². The van der Waals surface area contributed by atoms with Crippen LogP contribution in [0.1, 0.15) is 134 Å². The number of anilines is 1. The average Bonchev–Trinajstić information content (AvgIpc) is 3.44. The molecular formula is C41H57N3O2. The van der Waals surface area contributed by atoms with Crippen molar-refractivity contribution in [3.05, 3.63) is 95.6 Å². The van der Waals surface area contributed by atoms with E-state index in [1.54, 1.807) is 6.92 Å². The molecule has 4 aromatic rings. The molecule has 0 spiro atoms. The summed E-state index contributed by atoms with van der Waals surface area (Å²) in [5.74, 6) is 1.94. The first-order valence-electron chi connectivity index (χ1n) is 17.8. The highest BCUT2D eigenvalue weighted by atomic mass is 16.5. The normalized spacial score (nSPS) is 11.7. The van der Waals surface area contributed by atoms with Gasteiger partial charge in [-0.05, 0) is 58.9 Å². The van der Waals surface area contributed by atoms with E-state index in [4.69, 9.17) is 4.74 Å². The minimum absolute atomic E-state index is 0.0160. The fraction of sp³-hybridized carbons (Fsp3) is 0.512. The lowest BCUT2D eigenvalue weighted by molar-refractivity contribution is -0.116. The van der Waals surface area contributed by atoms with Crippen LogP contribution >= 0.6 is 0 Å². The topological polar surface area (TPSA) is 46.8 Å². The Hall–Kier alpha value is -3.60. The Morgan fingerprint density at radius 2 is 1.50 bits per heavy atom. The van der Waals surface area contributed by atoms with Gasteiger partial charge < -0.3 is 14.0 Å². The second-order valence-electron chi connectivity index (χ2n) is 13.9. The maximum Gasteiger partial charge on any atom is 0.224 e. The number of aromatic nitrogens is 2. The zero-order chi connectivity index (χ0) is 32.8. The molecule has 5 nitrogen and oxygen atoms in total. The quantitative estimate of drug-likeness (QED) is 0.0976. The minimum Gasteiger partial charge on any atom is -0.493 e. The second-order valence-corrected chi connectivity index (χ2v) is 13.9. The van der Waals surface area contributed by atoms with Crippen molar-refractivity contribution in [2.24, 2.45) is 0 Å². The number of fused-ring (bicyclic) bond motifs is 1. The first kappa shape index (κ1) is 35.3. The molecule has 5 heteroatoms. The number of nitrogens with zero attached hydrogens (tertiary/aromatic N) is 3. The Balaban J connectivity index is 1.33. The number of imidazole rings is 1. The van der Waals surface area contributed by atoms with E-state index in [0.29, 0.717) is 13.0 Å². The van der Waals surface area contributed by atoms with E-state index in [1.807, 2.05) is 41.6 Å². The van der Waals surface area contributed by atoms with E-state index in [2.05, 4.69) is 73.5 Å². The molecule has 2 heterocycles. The predicted octanol–water partition coefficient (Wildman–Crippen LogP) is 10.9. The van der Waals surface area contributed by atoms with E-state index in [1.165, 1.54) is 76.2 Å². The van der Waals surface area contributed by atoms with Gasteiger partial charge in [0.1, 0.15) is 11.6 Å². The number of ether oxygens (including phenoxy) is 1. The second kappa shape index (κ2) is 17.9. The van der Waals surface area contributed by atoms with E-state index in [9.17, 15) is 4.79 Å². The summed E-state index contributed by atoms with van der Waals surface area (Å²) in [7, 11) is 0. The number of carbonyl (C=O) groups is 1. The standard InChI is InChI=1S/C41H57N3O2/c1-6-7-8-9-10-11-12-13-14-15-16-19-27-46-39-29-35(24-25-38(39)41(3,4)5)32-44(33(2)45)36-23-20-21-34(28-36)30-40-42-31-37-22-17-18-26-43(37)40/h17-18,20-26,28-29,31H,6-16,19,27,30,32H2,1-5H3. The number of pyridine rings is 1. The van der Waals surface area contributed by atoms with Crippen molar-refractivity contribution >= 4 is 17.1 Å². The maximum atomic E-state index is 12.9. The Morgan fingerprint density at radius 1 is 0.804 bits per heavy atom. The van der Waals surface area contributed by atoms with Crippen LogP contribution in [-0.4, -0.2) is 21.9 Å². The molecule has 0 bridgehead atoms. The SMILES string of the molecule is CCCCCCCCCCCCCCOc1cc(CN(C(C)=O)c2cccc(Cc3ncc4ccccn34)c2)ccc1C(C)(C)C. The van der Waals surface area contributed by atoms with Crippen LogP contribution in [0, 0.1) is 0 Å². The van der Waals surface area contributed by atoms with Crippen LogP contribution in [0.15, 0.2) is 73.1 Å². The van der Waals surface area contributed by atoms with Gasteiger partial charge in [-0.15, -0.1) is 0 Å². The number of benzene rings is 2. The van der Waals surface area contributed by atoms with Gasteiger partial charge in [-0.1, -0.05) is 129 Å². The third-order valence-corrected chi connectivity index (χ3v) is 8.93. The van der Waals surface area contributed by atoms with Gasteiger partial charge in [0, 0.05) is 25.2 Å². The molecule has 1 amide bonds. The fourth-order valence-corrected chi connectivity index (χ4v) is 6.24. The lowest BCUT2D eigenvalue weighted by Crippen LogP contribution is -2.28. The molecule has 0 atom stereocenters. The van der Waals surface area contributed by atoms with Crippen molar-refractivity contribution in [1.82, 2.24) is 9.38 Å². The van der Waals surface area contributed by atoms with Crippen LogP contribution in [0.5, 0.6) is 5.75 Å². The van der Waals surface area contributed by atoms with Crippen molar-refractivity contribution in [2.75, 3.05) is 11.5 Å². The van der Waals surface area contributed by atoms with Crippen molar-refractivity contribution in [3.63, 3.8) is 0 Å². The number of amides is 1. The van der Waals surface area contributed by atoms with Crippen LogP contribution in [-0.2, 0) is 23.2 Å². The third kappa shape index (κ3) is 10.7. The first-order chi connectivity index (χ1) is 22.3. The van der Waals surface area contributed by atoms with Crippen molar-refractivity contribution in [2.45, 2.75) is 130 Å². The van der Waals surface area contributed by atoms with Crippen LogP contribution in [0.3, 0.4) is 0 Å². The summed E-state index contributed by atoms with van der Waals surface area (Å²) in [5, 5.41) is 0. The zero-order valence-electron chi connectivity index (χ0n) is 29.2. The third-order valence-electron chi connectivity index (χ3n) is 8.93. The molecule has 0 fully saturated rings. The summed E-state index contributed by atoms with van der Waals surface area (Å²) in [6.45, 7) is 11.8. The number of rotatable bonds is 19. The van der Waals surface area contributed by atoms with Crippen molar-refractivity contribution < 1.29 is 9.53 Å². The first-order valence-corrected chi connectivity index (χ1v) is 17.8. The molecule has 0 unspecified atom stereocenters. The Morgan fingerprint density at radius 3 is 2.17 bits per heavy atom. The summed E-state index contributed by atoms with van der Waals surface area (Å²) in [6.07, 6.45) is 20.6. The lowest BCUT2D eigenvalue weighted by atomic mass is 9.85. The monoisotopic (exact) mass is 623 g/mol. The molecule has 0 aliphatic heterocycles. The summed E-state index contributed by atoms with van der Waals surface area (Å²) < 4.78 is 8.56. The van der Waals surface area contributed by atoms with Gasteiger partial charge in [-0.3, -0.25) is 4.79 Å². The molecule has 4 rings (SSSR count). The van der Waals surface area contributed by atoms with E-state index in [-0.39, 0.29) is 11.3 Å². The smallest absolute Gasteiger partial charge is 0.224 e. The van der Waals surface area contributed by atoms with Gasteiger partial charge in [0.25, 0.3) is 0 Å². The zero-order valence-corrected chi connectivity index (χ0v) is 29.2. The summed E-state index contributed by atoms with van der Waals surface area (Å²) in [6, 6.07) is 20.9. The van der Waals surface area contributed by atoms with E-state index < -0.39 is 0 Å². The molecule has 2 aromatic heterocycles. The summed E-state index contributed by atoms with van der Waals surface area (Å²) in [4.78, 5) is 19.4. The summed E-state index contributed by atoms with van der Waals surface area (Å²) in [5.41, 5.74) is 5.33. The average molecular weight is 624 g/mol. The minimum atomic E-state index is -0.0317. The highest BCUT2D eigenvalue weighted by Crippen LogP contribution is 2.33. The molecule has 0 aliphatic rings. The molecule has 0 saturated carbocycles. The predicted molar refractivity (Wildman–Crippen MR) is 193 cm³/mol. The highest BCUT2D eigenvalue weighted by molar-refractivity contribution is 5.91. The molecule has 2 aromatic carbocycles. The molecule has 248 valence electrons. The van der Waals surface area contributed by atoms with E-state index >= 15 is 0 Å². The Labute approximate surface area is 278 Å². The fourth-order valence-electron chi connectivity index (χ4n) is 6.24. The molecule has 0 aliphatic carbocycles. The number of carbonyl (C=O) groups excluding carboxylic acids is 1. The molecular weight excluding hydrogens is 566 g/mol. The van der Waals surface area contributed by atoms with E-state index in [0.717, 1.165) is 46.9 Å². The molecule has 0 radical (unpaired) electrons. The highest BCUT2D eigenvalue weighted by Gasteiger charge is 2.21. The molecule has 0 N–H and O–H groups in total. The Bertz CT molecular complexity index is 1500. The molecule has 46 heavy (non-hydrogen) atoms. The van der Waals surface area contributed by atoms with Crippen LogP contribution in [0.4, 0.5) is 5.69 Å². The number of hydrogen-bond acceptors (Lipinski definition) is 3.